The van der Waals surface area contributed by atoms with Crippen molar-refractivity contribution in [3.05, 3.63) is 58.1 Å². The monoisotopic (exact) mass is 420 g/mol. The van der Waals surface area contributed by atoms with Crippen molar-refractivity contribution in [3.63, 3.8) is 0 Å². The second kappa shape index (κ2) is 7.86. The van der Waals surface area contributed by atoms with Gasteiger partial charge in [-0.25, -0.2) is 4.99 Å². The first-order chi connectivity index (χ1) is 14.3. The number of hydrogen-bond donors (Lipinski definition) is 2. The van der Waals surface area contributed by atoms with Gasteiger partial charge in [0.25, 0.3) is 0 Å². The normalized spacial score (nSPS) is 26.1. The number of nitriles is 1. The van der Waals surface area contributed by atoms with E-state index >= 15 is 0 Å². The first-order valence-electron chi connectivity index (χ1n) is 10.2. The minimum absolute atomic E-state index is 0.167. The van der Waals surface area contributed by atoms with Gasteiger partial charge in [-0.1, -0.05) is 23.7 Å². The fourth-order valence-corrected chi connectivity index (χ4v) is 4.86. The maximum Gasteiger partial charge on any atom is 0.181 e. The minimum Gasteiger partial charge on any atom is -0.393 e. The van der Waals surface area contributed by atoms with Gasteiger partial charge in [0, 0.05) is 16.5 Å². The topological polar surface area (TPSA) is 94.8 Å². The molecule has 0 amide bonds. The largest absolute Gasteiger partial charge is 0.393 e. The number of nitrogens with two attached hydrogens (primary N) is 1. The van der Waals surface area contributed by atoms with Gasteiger partial charge in [-0.05, 0) is 80.5 Å². The first kappa shape index (κ1) is 20.6. The molecule has 3 N–H and O–H groups in total. The van der Waals surface area contributed by atoms with Crippen molar-refractivity contribution in [2.75, 3.05) is 0 Å². The predicted octanol–water partition coefficient (Wildman–Crippen LogP) is 4.72. The van der Waals surface area contributed by atoms with Crippen LogP contribution >= 0.6 is 11.6 Å². The van der Waals surface area contributed by atoms with Crippen LogP contribution in [0.2, 0.25) is 5.02 Å². The number of rotatable bonds is 3. The number of aliphatic imine (C=N–C) groups is 2. The SMILES string of the molecule is CC1=NC(c2cc(-c3cc(Cl)cc(C#N)c3)ccc2C)(C2CCC(O)CC2)N=C1N. The van der Waals surface area contributed by atoms with E-state index in [9.17, 15) is 10.4 Å². The number of hydrogen-bond acceptors (Lipinski definition) is 5. The molecule has 0 radical (unpaired) electrons. The highest BCUT2D eigenvalue weighted by Gasteiger charge is 2.45. The number of nitrogens with zero attached hydrogens (tertiary/aromatic N) is 3. The van der Waals surface area contributed by atoms with Gasteiger partial charge < -0.3 is 10.8 Å². The molecule has 1 aliphatic carbocycles. The molecule has 1 atom stereocenters. The van der Waals surface area contributed by atoms with Crippen molar-refractivity contribution in [1.82, 2.24) is 0 Å². The molecule has 1 saturated carbocycles. The number of aliphatic hydroxyl groups excluding tert-OH is 1. The Balaban J connectivity index is 1.86. The van der Waals surface area contributed by atoms with Crippen molar-refractivity contribution >= 4 is 23.1 Å². The van der Waals surface area contributed by atoms with Crippen LogP contribution in [0.1, 0.15) is 49.3 Å². The van der Waals surface area contributed by atoms with E-state index in [4.69, 9.17) is 27.3 Å². The Bertz CT molecular complexity index is 1070. The van der Waals surface area contributed by atoms with Gasteiger partial charge in [0.2, 0.25) is 0 Å². The summed E-state index contributed by atoms with van der Waals surface area (Å²) in [5.74, 6) is 0.639. The van der Waals surface area contributed by atoms with E-state index < -0.39 is 5.66 Å². The molecule has 0 spiro atoms. The van der Waals surface area contributed by atoms with Crippen molar-refractivity contribution < 1.29 is 5.11 Å². The molecule has 2 aliphatic rings. The molecule has 2 aromatic carbocycles. The summed E-state index contributed by atoms with van der Waals surface area (Å²) >= 11 is 6.24. The Kier molecular flexibility index (Phi) is 5.40. The lowest BCUT2D eigenvalue weighted by molar-refractivity contribution is 0.0845. The summed E-state index contributed by atoms with van der Waals surface area (Å²) in [4.78, 5) is 9.89. The molecule has 0 aromatic heterocycles. The van der Waals surface area contributed by atoms with Gasteiger partial charge in [0.1, 0.15) is 5.84 Å². The van der Waals surface area contributed by atoms with E-state index in [2.05, 4.69) is 25.1 Å². The summed E-state index contributed by atoms with van der Waals surface area (Å²) in [6, 6.07) is 13.7. The second-order valence-corrected chi connectivity index (χ2v) is 8.73. The number of halogens is 1. The molecule has 1 aliphatic heterocycles. The van der Waals surface area contributed by atoms with E-state index in [1.807, 2.05) is 25.1 Å². The third kappa shape index (κ3) is 3.62. The van der Waals surface area contributed by atoms with Crippen LogP contribution in [0.25, 0.3) is 11.1 Å². The van der Waals surface area contributed by atoms with Gasteiger partial charge >= 0.3 is 0 Å². The Hall–Kier alpha value is -2.68. The van der Waals surface area contributed by atoms with Crippen LogP contribution in [-0.2, 0) is 5.66 Å². The molecule has 154 valence electrons. The molecule has 2 aromatic rings. The number of aliphatic hydroxyl groups is 1. The molecule has 1 fully saturated rings. The van der Waals surface area contributed by atoms with Crippen LogP contribution in [0.3, 0.4) is 0 Å². The lowest BCUT2D eigenvalue weighted by Gasteiger charge is -2.37. The maximum absolute atomic E-state index is 10.0. The molecule has 0 bridgehead atoms. The van der Waals surface area contributed by atoms with Gasteiger partial charge in [0.05, 0.1) is 23.4 Å². The zero-order valence-corrected chi connectivity index (χ0v) is 17.9. The van der Waals surface area contributed by atoms with Crippen LogP contribution in [0.5, 0.6) is 0 Å². The molecule has 30 heavy (non-hydrogen) atoms. The highest BCUT2D eigenvalue weighted by atomic mass is 35.5. The fourth-order valence-electron chi connectivity index (χ4n) is 4.62. The van der Waals surface area contributed by atoms with Crippen LogP contribution < -0.4 is 5.73 Å². The first-order valence-corrected chi connectivity index (χ1v) is 10.6. The maximum atomic E-state index is 10.0. The van der Waals surface area contributed by atoms with E-state index in [-0.39, 0.29) is 12.0 Å². The Labute approximate surface area is 181 Å². The fraction of sp³-hybridized carbons (Fsp3) is 0.375. The third-order valence-corrected chi connectivity index (χ3v) is 6.48. The molecule has 1 heterocycles. The van der Waals surface area contributed by atoms with E-state index in [0.29, 0.717) is 16.4 Å². The highest BCUT2D eigenvalue weighted by Crippen LogP contribution is 2.47. The van der Waals surface area contributed by atoms with Gasteiger partial charge in [-0.2, -0.15) is 5.26 Å². The van der Waals surface area contributed by atoms with Gasteiger partial charge in [-0.3, -0.25) is 4.99 Å². The third-order valence-electron chi connectivity index (χ3n) is 6.26. The smallest absolute Gasteiger partial charge is 0.181 e. The van der Waals surface area contributed by atoms with E-state index in [1.165, 1.54) is 0 Å². The molecule has 4 rings (SSSR count). The van der Waals surface area contributed by atoms with Crippen LogP contribution in [0.15, 0.2) is 46.4 Å². The second-order valence-electron chi connectivity index (χ2n) is 8.30. The molecule has 1 unspecified atom stereocenters. The molecular weight excluding hydrogens is 396 g/mol. The average molecular weight is 421 g/mol. The van der Waals surface area contributed by atoms with Crippen molar-refractivity contribution in [3.8, 4) is 17.2 Å². The molecule has 0 saturated heterocycles. The Morgan fingerprint density at radius 3 is 2.43 bits per heavy atom. The summed E-state index contributed by atoms with van der Waals surface area (Å²) < 4.78 is 0. The van der Waals surface area contributed by atoms with Crippen LogP contribution in [0, 0.1) is 24.2 Å². The predicted molar refractivity (Wildman–Crippen MR) is 121 cm³/mol. The van der Waals surface area contributed by atoms with E-state index in [0.717, 1.165) is 53.6 Å². The number of aryl methyl sites for hydroxylation is 1. The molecule has 5 nitrogen and oxygen atoms in total. The quantitative estimate of drug-likeness (QED) is 0.751. The minimum atomic E-state index is -0.773. The van der Waals surface area contributed by atoms with Crippen molar-refractivity contribution in [1.29, 1.82) is 5.26 Å². The highest BCUT2D eigenvalue weighted by molar-refractivity contribution is 6.41. The lowest BCUT2D eigenvalue weighted by Crippen LogP contribution is -2.35. The Morgan fingerprint density at radius 1 is 1.07 bits per heavy atom. The van der Waals surface area contributed by atoms with Crippen molar-refractivity contribution in [2.45, 2.75) is 51.3 Å². The summed E-state index contributed by atoms with van der Waals surface area (Å²) in [7, 11) is 0. The molecule has 6 heteroatoms. The standard InChI is InChI=1S/C24H25ClN4O/c1-14-3-4-17(18-9-16(13-26)10-20(25)11-18)12-22(14)24(28-15(2)23(27)29-24)19-5-7-21(30)8-6-19/h3-4,9-12,19,21,30H,5-8H2,1-2H3,(H2,27,29). The van der Waals surface area contributed by atoms with Crippen LogP contribution in [-0.4, -0.2) is 22.8 Å². The molecular formula is C24H25ClN4O. The summed E-state index contributed by atoms with van der Waals surface area (Å²) in [6.07, 6.45) is 2.92. The zero-order chi connectivity index (χ0) is 21.5. The number of amidine groups is 1. The summed E-state index contributed by atoms with van der Waals surface area (Å²) in [5, 5.41) is 19.9. The summed E-state index contributed by atoms with van der Waals surface area (Å²) in [6.45, 7) is 3.96. The van der Waals surface area contributed by atoms with Crippen molar-refractivity contribution in [2.24, 2.45) is 21.6 Å². The zero-order valence-electron chi connectivity index (χ0n) is 17.2. The van der Waals surface area contributed by atoms with Crippen LogP contribution in [0.4, 0.5) is 0 Å². The summed E-state index contributed by atoms with van der Waals surface area (Å²) in [5.41, 5.74) is 10.6. The average Bonchev–Trinajstić information content (AvgIpc) is 3.03. The Morgan fingerprint density at radius 2 is 1.80 bits per heavy atom. The van der Waals surface area contributed by atoms with Gasteiger partial charge in [-0.15, -0.1) is 0 Å². The lowest BCUT2D eigenvalue weighted by atomic mass is 9.74. The van der Waals surface area contributed by atoms with E-state index in [1.54, 1.807) is 6.07 Å². The number of benzene rings is 2. The van der Waals surface area contributed by atoms with Gasteiger partial charge in [0.15, 0.2) is 5.66 Å².